The number of fused-ring (bicyclic) bond motifs is 2. The minimum Gasteiger partial charge on any atom is -0.482 e. The first-order valence-corrected chi connectivity index (χ1v) is 17.8. The van der Waals surface area contributed by atoms with Crippen LogP contribution >= 0.6 is 0 Å². The zero-order valence-corrected chi connectivity index (χ0v) is 27.0. The van der Waals surface area contributed by atoms with Crippen LogP contribution in [-0.4, -0.2) is 41.6 Å². The van der Waals surface area contributed by atoms with E-state index in [2.05, 4.69) is 19.9 Å². The number of ether oxygens (including phenoxy) is 2. The van der Waals surface area contributed by atoms with Crippen LogP contribution < -0.4 is 4.74 Å². The molecule has 2 aliphatic carbocycles. The lowest BCUT2D eigenvalue weighted by atomic mass is 9.73. The molecule has 5 atom stereocenters. The molecule has 2 aliphatic rings. The van der Waals surface area contributed by atoms with Crippen LogP contribution in [-0.2, 0) is 22.4 Å². The Morgan fingerprint density at radius 3 is 2.24 bits per heavy atom. The fraction of sp³-hybridized carbons (Fsp3) is 0.811. The van der Waals surface area contributed by atoms with Gasteiger partial charge in [-0.25, -0.2) is 4.79 Å². The second-order valence-corrected chi connectivity index (χ2v) is 13.3. The molecule has 1 saturated carbocycles. The summed E-state index contributed by atoms with van der Waals surface area (Å²) in [7, 11) is 0. The van der Waals surface area contributed by atoms with Gasteiger partial charge in [-0.1, -0.05) is 116 Å². The smallest absolute Gasteiger partial charge is 0.344 e. The van der Waals surface area contributed by atoms with Crippen molar-refractivity contribution in [3.05, 3.63) is 29.3 Å². The first-order valence-electron chi connectivity index (χ1n) is 17.8. The molecule has 42 heavy (non-hydrogen) atoms. The van der Waals surface area contributed by atoms with Gasteiger partial charge in [0, 0.05) is 0 Å². The summed E-state index contributed by atoms with van der Waals surface area (Å²) in [4.78, 5) is 12.4. The maximum Gasteiger partial charge on any atom is 0.344 e. The summed E-state index contributed by atoms with van der Waals surface area (Å²) in [6.07, 6.45) is 23.7. The van der Waals surface area contributed by atoms with Gasteiger partial charge in [0.15, 0.2) is 6.61 Å². The molecule has 2 N–H and O–H groups in total. The van der Waals surface area contributed by atoms with Crippen molar-refractivity contribution in [2.24, 2.45) is 17.8 Å². The van der Waals surface area contributed by atoms with Crippen molar-refractivity contribution < 1.29 is 24.5 Å². The number of carbonyl (C=O) groups excluding carboxylic acids is 1. The van der Waals surface area contributed by atoms with E-state index >= 15 is 0 Å². The molecule has 0 heterocycles. The lowest BCUT2D eigenvalue weighted by Crippen LogP contribution is -2.27. The van der Waals surface area contributed by atoms with Crippen molar-refractivity contribution in [1.29, 1.82) is 0 Å². The Balaban J connectivity index is 1.30. The van der Waals surface area contributed by atoms with Crippen LogP contribution in [0, 0.1) is 17.8 Å². The number of aliphatic hydroxyl groups is 2. The summed E-state index contributed by atoms with van der Waals surface area (Å²) in [6.45, 7) is 4.82. The molecular formula is C37H62O5. The van der Waals surface area contributed by atoms with E-state index in [9.17, 15) is 15.0 Å². The Kier molecular flexibility index (Phi) is 16.9. The first-order chi connectivity index (χ1) is 20.5. The van der Waals surface area contributed by atoms with Gasteiger partial charge in [-0.2, -0.15) is 0 Å². The molecule has 3 rings (SSSR count). The van der Waals surface area contributed by atoms with Gasteiger partial charge in [-0.3, -0.25) is 0 Å². The number of hydrogen-bond donors (Lipinski definition) is 2. The number of unbranched alkanes of at least 4 members (excludes halogenated alkanes) is 12. The molecule has 1 aromatic carbocycles. The molecule has 0 unspecified atom stereocenters. The fourth-order valence-electron chi connectivity index (χ4n) is 7.48. The van der Waals surface area contributed by atoms with Crippen molar-refractivity contribution in [2.75, 3.05) is 13.2 Å². The molecule has 0 bridgehead atoms. The van der Waals surface area contributed by atoms with E-state index in [0.717, 1.165) is 76.4 Å². The van der Waals surface area contributed by atoms with E-state index in [0.29, 0.717) is 24.4 Å². The SMILES string of the molecule is CCCCCCCCCCCCCCOC(=O)COc1cccc2c1C[C@H]1C[C@@H](O)[C@H](CCCC[C@@H](O)CCC)[C@H]1C2. The monoisotopic (exact) mass is 586 g/mol. The molecule has 240 valence electrons. The van der Waals surface area contributed by atoms with Crippen molar-refractivity contribution in [1.82, 2.24) is 0 Å². The second-order valence-electron chi connectivity index (χ2n) is 13.3. The number of carbonyl (C=O) groups is 1. The minimum absolute atomic E-state index is 0.0437. The lowest BCUT2D eigenvalue weighted by Gasteiger charge is -2.32. The average molecular weight is 587 g/mol. The van der Waals surface area contributed by atoms with Crippen LogP contribution in [0.4, 0.5) is 0 Å². The molecule has 5 nitrogen and oxygen atoms in total. The Labute approximate surface area is 257 Å². The predicted octanol–water partition coefficient (Wildman–Crippen LogP) is 8.74. The molecule has 0 radical (unpaired) electrons. The van der Waals surface area contributed by atoms with Crippen LogP contribution in [0.25, 0.3) is 0 Å². The van der Waals surface area contributed by atoms with E-state index in [4.69, 9.17) is 9.47 Å². The third kappa shape index (κ3) is 12.2. The third-order valence-corrected chi connectivity index (χ3v) is 9.90. The highest BCUT2D eigenvalue weighted by Crippen LogP contribution is 2.48. The zero-order chi connectivity index (χ0) is 30.0. The highest BCUT2D eigenvalue weighted by molar-refractivity contribution is 5.71. The summed E-state index contributed by atoms with van der Waals surface area (Å²) in [5.74, 6) is 1.82. The van der Waals surface area contributed by atoms with Crippen LogP contribution in [0.1, 0.15) is 147 Å². The summed E-state index contributed by atoms with van der Waals surface area (Å²) >= 11 is 0. The molecule has 1 fully saturated rings. The average Bonchev–Trinajstić information content (AvgIpc) is 3.29. The summed E-state index contributed by atoms with van der Waals surface area (Å²) < 4.78 is 11.5. The van der Waals surface area contributed by atoms with Gasteiger partial charge in [-0.15, -0.1) is 0 Å². The van der Waals surface area contributed by atoms with Gasteiger partial charge in [0.05, 0.1) is 18.8 Å². The topological polar surface area (TPSA) is 76.0 Å². The standard InChI is InChI=1S/C37H62O5/c1-3-5-6-7-8-9-10-11-12-13-14-17-24-41-37(40)28-42-36-23-18-20-29-25-33-30(26-34(29)36)27-35(39)32(33)22-16-15-21-31(38)19-4-2/h18,20,23,30-33,35,38-39H,3-17,19,21-22,24-28H2,1-2H3/t30-,31-,32+,33-,35+/m0/s1. The van der Waals surface area contributed by atoms with Gasteiger partial charge in [-0.05, 0) is 79.9 Å². The number of hydrogen-bond acceptors (Lipinski definition) is 5. The largest absolute Gasteiger partial charge is 0.482 e. The fourth-order valence-corrected chi connectivity index (χ4v) is 7.48. The van der Waals surface area contributed by atoms with Crippen molar-refractivity contribution in [3.8, 4) is 5.75 Å². The molecule has 0 saturated heterocycles. The van der Waals surface area contributed by atoms with Crippen molar-refractivity contribution >= 4 is 5.97 Å². The van der Waals surface area contributed by atoms with Gasteiger partial charge in [0.1, 0.15) is 5.75 Å². The normalized spacial score (nSPS) is 22.0. The highest BCUT2D eigenvalue weighted by Gasteiger charge is 2.44. The van der Waals surface area contributed by atoms with E-state index in [-0.39, 0.29) is 24.8 Å². The third-order valence-electron chi connectivity index (χ3n) is 9.90. The van der Waals surface area contributed by atoms with Crippen LogP contribution in [0.15, 0.2) is 18.2 Å². The summed E-state index contributed by atoms with van der Waals surface area (Å²) in [5.41, 5.74) is 2.51. The highest BCUT2D eigenvalue weighted by atomic mass is 16.6. The zero-order valence-electron chi connectivity index (χ0n) is 27.0. The molecular weight excluding hydrogens is 524 g/mol. The Morgan fingerprint density at radius 2 is 1.55 bits per heavy atom. The molecule has 1 aromatic rings. The molecule has 0 aromatic heterocycles. The van der Waals surface area contributed by atoms with Crippen LogP contribution in [0.2, 0.25) is 0 Å². The van der Waals surface area contributed by atoms with E-state index in [1.165, 1.54) is 75.3 Å². The molecule has 5 heteroatoms. The van der Waals surface area contributed by atoms with Crippen LogP contribution in [0.3, 0.4) is 0 Å². The summed E-state index contributed by atoms with van der Waals surface area (Å²) in [5, 5.41) is 20.9. The van der Waals surface area contributed by atoms with Gasteiger partial charge >= 0.3 is 5.97 Å². The second kappa shape index (κ2) is 20.4. The molecule has 0 amide bonds. The number of benzene rings is 1. The van der Waals surface area contributed by atoms with Gasteiger partial charge < -0.3 is 19.7 Å². The van der Waals surface area contributed by atoms with E-state index < -0.39 is 0 Å². The van der Waals surface area contributed by atoms with E-state index in [1.54, 1.807) is 0 Å². The number of esters is 1. The summed E-state index contributed by atoms with van der Waals surface area (Å²) in [6, 6.07) is 6.19. The number of rotatable bonds is 23. The Morgan fingerprint density at radius 1 is 0.857 bits per heavy atom. The Hall–Kier alpha value is -1.59. The first kappa shape index (κ1) is 34.9. The van der Waals surface area contributed by atoms with Crippen molar-refractivity contribution in [2.45, 2.75) is 161 Å². The Bertz CT molecular complexity index is 870. The minimum atomic E-state index is -0.287. The van der Waals surface area contributed by atoms with Gasteiger partial charge in [0.25, 0.3) is 0 Å². The van der Waals surface area contributed by atoms with Gasteiger partial charge in [0.2, 0.25) is 0 Å². The maximum absolute atomic E-state index is 12.4. The van der Waals surface area contributed by atoms with E-state index in [1.807, 2.05) is 12.1 Å². The molecule has 0 aliphatic heterocycles. The lowest BCUT2D eigenvalue weighted by molar-refractivity contribution is -0.146. The molecule has 0 spiro atoms. The predicted molar refractivity (Wildman–Crippen MR) is 172 cm³/mol. The van der Waals surface area contributed by atoms with Crippen molar-refractivity contribution in [3.63, 3.8) is 0 Å². The maximum atomic E-state index is 12.4. The number of aliphatic hydroxyl groups excluding tert-OH is 2. The quantitative estimate of drug-likeness (QED) is 0.0990. The van der Waals surface area contributed by atoms with Crippen LogP contribution in [0.5, 0.6) is 5.75 Å².